The van der Waals surface area contributed by atoms with Crippen LogP contribution in [0.15, 0.2) is 29.2 Å². The van der Waals surface area contributed by atoms with Crippen LogP contribution in [0.4, 0.5) is 5.69 Å². The molecule has 0 saturated heterocycles. The van der Waals surface area contributed by atoms with Crippen molar-refractivity contribution >= 4 is 60.7 Å². The van der Waals surface area contributed by atoms with Gasteiger partial charge in [0.2, 0.25) is 0 Å². The summed E-state index contributed by atoms with van der Waals surface area (Å²) in [5.74, 6) is 0. The molecule has 0 saturated carbocycles. The minimum atomic E-state index is -3.46. The van der Waals surface area contributed by atoms with E-state index in [1.807, 2.05) is 0 Å². The maximum absolute atomic E-state index is 11.7. The molecule has 1 aromatic carbocycles. The zero-order chi connectivity index (χ0) is 11.6. The van der Waals surface area contributed by atoms with E-state index in [-0.39, 0.29) is 10.6 Å². The summed E-state index contributed by atoms with van der Waals surface area (Å²) in [6.45, 7) is 0. The van der Waals surface area contributed by atoms with E-state index in [2.05, 4.69) is 0 Å². The molecule has 5 nitrogen and oxygen atoms in total. The summed E-state index contributed by atoms with van der Waals surface area (Å²) >= 11 is 3.49. The van der Waals surface area contributed by atoms with E-state index in [0.29, 0.717) is 0 Å². The fraction of sp³-hybridized carbons (Fsp3) is 0.143. The van der Waals surface area contributed by atoms with Crippen molar-refractivity contribution < 1.29 is 13.3 Å². The van der Waals surface area contributed by atoms with E-state index < -0.39 is 16.0 Å². The van der Waals surface area contributed by atoms with Crippen molar-refractivity contribution in [2.45, 2.75) is 6.16 Å². The van der Waals surface area contributed by atoms with Crippen molar-refractivity contribution in [2.24, 2.45) is 0 Å². The molecule has 15 heavy (non-hydrogen) atoms. The van der Waals surface area contributed by atoms with Gasteiger partial charge in [-0.3, -0.25) is 10.1 Å². The van der Waals surface area contributed by atoms with Gasteiger partial charge in [-0.1, -0.05) is 51.2 Å². The summed E-state index contributed by atoms with van der Waals surface area (Å²) in [6, 6.07) is 5.04. The van der Waals surface area contributed by atoms with Gasteiger partial charge in [0.25, 0.3) is 5.69 Å². The molecule has 0 N–H and O–H groups in total. The highest BCUT2D eigenvalue weighted by Crippen LogP contribution is 2.27. The molecular formula is C7H5I2NO4S. The van der Waals surface area contributed by atoms with E-state index >= 15 is 0 Å². The molecule has 0 amide bonds. The third-order valence-electron chi connectivity index (χ3n) is 1.59. The molecule has 0 unspecified atom stereocenters. The smallest absolute Gasteiger partial charge is 0.258 e. The predicted molar refractivity (Wildman–Crippen MR) is 72.1 cm³/mol. The SMILES string of the molecule is O=[N+]([O-])c1cccc(S(=O)(=O)C(I)I)c1. The summed E-state index contributed by atoms with van der Waals surface area (Å²) in [5, 5.41) is 10.5. The molecule has 0 heterocycles. The van der Waals surface area contributed by atoms with Gasteiger partial charge in [-0.25, -0.2) is 8.42 Å². The first-order valence-corrected chi connectivity index (χ1v) is 7.66. The van der Waals surface area contributed by atoms with Gasteiger partial charge in [0.1, 0.15) is 0 Å². The maximum atomic E-state index is 11.7. The van der Waals surface area contributed by atoms with Gasteiger partial charge < -0.3 is 0 Å². The lowest BCUT2D eigenvalue weighted by Gasteiger charge is -2.04. The molecular weight excluding hydrogens is 448 g/mol. The van der Waals surface area contributed by atoms with Crippen LogP contribution < -0.4 is 0 Å². The number of hydrogen-bond acceptors (Lipinski definition) is 4. The molecule has 0 fully saturated rings. The van der Waals surface area contributed by atoms with Crippen LogP contribution in [0.3, 0.4) is 0 Å². The summed E-state index contributed by atoms with van der Waals surface area (Å²) in [5.41, 5.74) is -0.218. The Hall–Kier alpha value is 0.0300. The average Bonchev–Trinajstić information content (AvgIpc) is 2.17. The van der Waals surface area contributed by atoms with Gasteiger partial charge >= 0.3 is 0 Å². The summed E-state index contributed by atoms with van der Waals surface area (Å²) in [4.78, 5) is 9.82. The van der Waals surface area contributed by atoms with Crippen molar-refractivity contribution in [3.05, 3.63) is 34.4 Å². The van der Waals surface area contributed by atoms with E-state index in [1.165, 1.54) is 18.2 Å². The number of alkyl halides is 2. The molecule has 0 aliphatic rings. The van der Waals surface area contributed by atoms with E-state index in [0.717, 1.165) is 6.07 Å². The third-order valence-corrected chi connectivity index (χ3v) is 6.99. The number of benzene rings is 1. The third kappa shape index (κ3) is 3.00. The lowest BCUT2D eigenvalue weighted by atomic mass is 10.3. The average molecular weight is 453 g/mol. The number of nitro benzene ring substituents is 1. The predicted octanol–water partition coefficient (Wildman–Crippen LogP) is 2.52. The van der Waals surface area contributed by atoms with Crippen molar-refractivity contribution in [3.63, 3.8) is 0 Å². The first-order valence-electron chi connectivity index (χ1n) is 3.62. The molecule has 0 atom stereocenters. The molecule has 1 rings (SSSR count). The molecule has 0 spiro atoms. The molecule has 0 aromatic heterocycles. The Balaban J connectivity index is 3.29. The van der Waals surface area contributed by atoms with Crippen LogP contribution in [0.1, 0.15) is 0 Å². The number of nitrogens with zero attached hydrogens (tertiary/aromatic N) is 1. The summed E-state index contributed by atoms with van der Waals surface area (Å²) in [6.07, 6.45) is 0. The maximum Gasteiger partial charge on any atom is 0.270 e. The standard InChI is InChI=1S/C7H5I2NO4S/c8-7(9)15(13,14)6-3-1-2-5(4-6)10(11)12/h1-4,7H. The minimum Gasteiger partial charge on any atom is -0.258 e. The van der Waals surface area contributed by atoms with Gasteiger partial charge in [-0.15, -0.1) is 0 Å². The highest BCUT2D eigenvalue weighted by atomic mass is 127. The van der Waals surface area contributed by atoms with Crippen LogP contribution in [0, 0.1) is 10.1 Å². The Morgan fingerprint density at radius 1 is 1.33 bits per heavy atom. The normalized spacial score (nSPS) is 11.7. The van der Waals surface area contributed by atoms with Gasteiger partial charge in [0.05, 0.1) is 9.82 Å². The van der Waals surface area contributed by atoms with Crippen LogP contribution in [-0.2, 0) is 9.84 Å². The Morgan fingerprint density at radius 3 is 2.40 bits per heavy atom. The monoisotopic (exact) mass is 453 g/mol. The zero-order valence-electron chi connectivity index (χ0n) is 7.13. The Bertz CT molecular complexity index is 486. The first-order chi connectivity index (χ1) is 6.85. The van der Waals surface area contributed by atoms with E-state index in [4.69, 9.17) is 0 Å². The van der Waals surface area contributed by atoms with Gasteiger partial charge in [-0.05, 0) is 6.07 Å². The lowest BCUT2D eigenvalue weighted by Crippen LogP contribution is -2.08. The number of nitro groups is 1. The van der Waals surface area contributed by atoms with Crippen LogP contribution >= 0.6 is 45.2 Å². The number of sulfone groups is 1. The van der Waals surface area contributed by atoms with E-state index in [1.54, 1.807) is 45.2 Å². The molecule has 0 radical (unpaired) electrons. The fourth-order valence-corrected chi connectivity index (χ4v) is 3.40. The van der Waals surface area contributed by atoms with Gasteiger partial charge in [-0.2, -0.15) is 0 Å². The van der Waals surface area contributed by atoms with Crippen molar-refractivity contribution in [1.29, 1.82) is 0 Å². The number of halogens is 2. The largest absolute Gasteiger partial charge is 0.270 e. The highest BCUT2D eigenvalue weighted by molar-refractivity contribution is 14.2. The van der Waals surface area contributed by atoms with Crippen LogP contribution in [-0.4, -0.2) is 14.6 Å². The number of hydrogen-bond donors (Lipinski definition) is 0. The second kappa shape index (κ2) is 4.91. The number of rotatable bonds is 3. The first kappa shape index (κ1) is 13.1. The van der Waals surface area contributed by atoms with Crippen molar-refractivity contribution in [1.82, 2.24) is 0 Å². The van der Waals surface area contributed by atoms with Crippen LogP contribution in [0.5, 0.6) is 0 Å². The highest BCUT2D eigenvalue weighted by Gasteiger charge is 2.23. The molecule has 1 aromatic rings. The molecule has 0 bridgehead atoms. The number of non-ortho nitro benzene ring substituents is 1. The molecule has 0 aliphatic heterocycles. The van der Waals surface area contributed by atoms with Gasteiger partial charge in [0, 0.05) is 12.1 Å². The minimum absolute atomic E-state index is 0.0227. The summed E-state index contributed by atoms with van der Waals surface area (Å²) < 4.78 is 22.7. The lowest BCUT2D eigenvalue weighted by molar-refractivity contribution is -0.385. The topological polar surface area (TPSA) is 77.3 Å². The second-order valence-electron chi connectivity index (χ2n) is 2.56. The van der Waals surface area contributed by atoms with Crippen molar-refractivity contribution in [2.75, 3.05) is 0 Å². The Kier molecular flexibility index (Phi) is 4.29. The van der Waals surface area contributed by atoms with Gasteiger partial charge in [0.15, 0.2) is 11.1 Å². The summed E-state index contributed by atoms with van der Waals surface area (Å²) in [7, 11) is -3.46. The van der Waals surface area contributed by atoms with E-state index in [9.17, 15) is 18.5 Å². The Morgan fingerprint density at radius 2 is 1.93 bits per heavy atom. The van der Waals surface area contributed by atoms with Crippen LogP contribution in [0.2, 0.25) is 0 Å². The molecule has 0 aliphatic carbocycles. The zero-order valence-corrected chi connectivity index (χ0v) is 12.3. The molecule has 8 heteroatoms. The Labute approximate surface area is 114 Å². The quantitative estimate of drug-likeness (QED) is 0.305. The molecule has 82 valence electrons. The van der Waals surface area contributed by atoms with Crippen LogP contribution in [0.25, 0.3) is 0 Å². The second-order valence-corrected chi connectivity index (χ2v) is 11.2. The fourth-order valence-electron chi connectivity index (χ4n) is 0.877. The van der Waals surface area contributed by atoms with Crippen molar-refractivity contribution in [3.8, 4) is 0 Å².